The van der Waals surface area contributed by atoms with Gasteiger partial charge in [-0.3, -0.25) is 0 Å². The van der Waals surface area contributed by atoms with Crippen LogP contribution in [0, 0.1) is 5.92 Å². The summed E-state index contributed by atoms with van der Waals surface area (Å²) in [6.07, 6.45) is 4.45. The average molecular weight is 193 g/mol. The molecule has 2 unspecified atom stereocenters. The van der Waals surface area contributed by atoms with Crippen molar-refractivity contribution in [1.82, 2.24) is 0 Å². The molecule has 0 rings (SSSR count). The molecule has 0 heterocycles. The third-order valence-corrected chi connectivity index (χ3v) is 2.33. The van der Waals surface area contributed by atoms with Gasteiger partial charge < -0.3 is 0 Å². The fourth-order valence-electron chi connectivity index (χ4n) is 1.07. The molecule has 0 saturated carbocycles. The Morgan fingerprint density at radius 3 is 2.58 bits per heavy atom. The van der Waals surface area contributed by atoms with Crippen molar-refractivity contribution < 1.29 is 14.0 Å². The SMILES string of the molecule is CCCCC(CC)CO[P+](=O)O. The van der Waals surface area contributed by atoms with E-state index in [1.54, 1.807) is 0 Å². The molecular weight excluding hydrogens is 175 g/mol. The minimum Gasteiger partial charge on any atom is -0.133 e. The van der Waals surface area contributed by atoms with Crippen molar-refractivity contribution >= 4 is 8.25 Å². The van der Waals surface area contributed by atoms with Gasteiger partial charge in [-0.1, -0.05) is 33.1 Å². The predicted octanol–water partition coefficient (Wildman–Crippen LogP) is 2.87. The van der Waals surface area contributed by atoms with Crippen molar-refractivity contribution in [3.63, 3.8) is 0 Å². The zero-order chi connectivity index (χ0) is 9.40. The fraction of sp³-hybridized carbons (Fsp3) is 1.00. The van der Waals surface area contributed by atoms with Gasteiger partial charge in [0.1, 0.15) is 6.61 Å². The molecule has 0 aliphatic carbocycles. The molecule has 0 amide bonds. The molecule has 0 aliphatic rings. The molecular formula is C8H18O3P+. The van der Waals surface area contributed by atoms with Crippen LogP contribution in [0.4, 0.5) is 0 Å². The smallest absolute Gasteiger partial charge is 0.133 e. The molecule has 72 valence electrons. The minimum absolute atomic E-state index is 0.419. The second-order valence-corrected chi connectivity index (χ2v) is 3.68. The van der Waals surface area contributed by atoms with Crippen LogP contribution in [0.3, 0.4) is 0 Å². The van der Waals surface area contributed by atoms with E-state index in [2.05, 4.69) is 18.4 Å². The molecule has 0 radical (unpaired) electrons. The van der Waals surface area contributed by atoms with Crippen molar-refractivity contribution in [2.24, 2.45) is 5.92 Å². The van der Waals surface area contributed by atoms with E-state index >= 15 is 0 Å². The van der Waals surface area contributed by atoms with Crippen LogP contribution >= 0.6 is 8.25 Å². The van der Waals surface area contributed by atoms with Crippen LogP contribution in [-0.2, 0) is 9.09 Å². The zero-order valence-electron chi connectivity index (χ0n) is 7.82. The summed E-state index contributed by atoms with van der Waals surface area (Å²) in [6, 6.07) is 0. The largest absolute Gasteiger partial charge is 0.694 e. The van der Waals surface area contributed by atoms with E-state index in [4.69, 9.17) is 4.89 Å². The summed E-state index contributed by atoms with van der Waals surface area (Å²) < 4.78 is 14.9. The van der Waals surface area contributed by atoms with Crippen LogP contribution in [0.25, 0.3) is 0 Å². The molecule has 1 N–H and O–H groups in total. The van der Waals surface area contributed by atoms with Gasteiger partial charge in [-0.15, -0.1) is 9.42 Å². The standard InChI is InChI=1S/C8H17O3P/c1-3-5-6-8(4-2)7-11-12(9)10/h8H,3-7H2,1-2H3/p+1. The van der Waals surface area contributed by atoms with Crippen molar-refractivity contribution in [2.45, 2.75) is 39.5 Å². The number of unbranched alkanes of at least 4 members (excludes halogenated alkanes) is 1. The number of hydrogen-bond donors (Lipinski definition) is 1. The van der Waals surface area contributed by atoms with Crippen molar-refractivity contribution in [3.8, 4) is 0 Å². The summed E-state index contributed by atoms with van der Waals surface area (Å²) in [5, 5.41) is 0. The van der Waals surface area contributed by atoms with Crippen LogP contribution in [-0.4, -0.2) is 11.5 Å². The fourth-order valence-corrected chi connectivity index (χ4v) is 1.41. The first-order chi connectivity index (χ1) is 5.70. The second-order valence-electron chi connectivity index (χ2n) is 2.95. The van der Waals surface area contributed by atoms with Gasteiger partial charge in [-0.25, -0.2) is 0 Å². The van der Waals surface area contributed by atoms with Gasteiger partial charge in [0, 0.05) is 4.57 Å². The highest BCUT2D eigenvalue weighted by Gasteiger charge is 2.16. The Morgan fingerprint density at radius 2 is 2.17 bits per heavy atom. The summed E-state index contributed by atoms with van der Waals surface area (Å²) in [4.78, 5) is 8.41. The monoisotopic (exact) mass is 193 g/mol. The summed E-state index contributed by atoms with van der Waals surface area (Å²) in [5.41, 5.74) is 0. The number of hydrogen-bond acceptors (Lipinski definition) is 2. The van der Waals surface area contributed by atoms with E-state index in [0.29, 0.717) is 12.5 Å². The molecule has 4 heteroatoms. The highest BCUT2D eigenvalue weighted by Crippen LogP contribution is 2.20. The van der Waals surface area contributed by atoms with Crippen LogP contribution in [0.15, 0.2) is 0 Å². The second kappa shape index (κ2) is 7.66. The molecule has 2 atom stereocenters. The molecule has 0 aromatic heterocycles. The molecule has 0 bridgehead atoms. The van der Waals surface area contributed by atoms with Gasteiger partial charge in [0.2, 0.25) is 0 Å². The summed E-state index contributed by atoms with van der Waals surface area (Å²) >= 11 is 0. The third kappa shape index (κ3) is 6.71. The van der Waals surface area contributed by atoms with Crippen LogP contribution in [0.5, 0.6) is 0 Å². The Kier molecular flexibility index (Phi) is 7.67. The molecule has 0 saturated heterocycles. The van der Waals surface area contributed by atoms with E-state index in [9.17, 15) is 4.57 Å². The molecule has 0 fully saturated rings. The van der Waals surface area contributed by atoms with Crippen molar-refractivity contribution in [2.75, 3.05) is 6.61 Å². The first-order valence-corrected chi connectivity index (χ1v) is 5.62. The average Bonchev–Trinajstić information content (AvgIpc) is 2.05. The zero-order valence-corrected chi connectivity index (χ0v) is 8.72. The molecule has 12 heavy (non-hydrogen) atoms. The van der Waals surface area contributed by atoms with Gasteiger partial charge in [-0.2, -0.15) is 0 Å². The maximum absolute atomic E-state index is 10.2. The van der Waals surface area contributed by atoms with E-state index in [1.807, 2.05) is 0 Å². The Hall–Kier alpha value is 0.0200. The van der Waals surface area contributed by atoms with Crippen LogP contribution in [0.1, 0.15) is 39.5 Å². The Bertz CT molecular complexity index is 127. The molecule has 0 aromatic carbocycles. The lowest BCUT2D eigenvalue weighted by molar-refractivity contribution is 0.218. The first kappa shape index (κ1) is 12.0. The molecule has 3 nitrogen and oxygen atoms in total. The number of rotatable bonds is 7. The van der Waals surface area contributed by atoms with E-state index in [1.165, 1.54) is 12.8 Å². The lowest BCUT2D eigenvalue weighted by Gasteiger charge is -2.08. The summed E-state index contributed by atoms with van der Waals surface area (Å²) in [5.74, 6) is 0.441. The van der Waals surface area contributed by atoms with Gasteiger partial charge in [-0.05, 0) is 12.3 Å². The predicted molar refractivity (Wildman–Crippen MR) is 49.1 cm³/mol. The van der Waals surface area contributed by atoms with Gasteiger partial charge >= 0.3 is 8.25 Å². The molecule has 0 aliphatic heterocycles. The highest BCUT2D eigenvalue weighted by atomic mass is 31.1. The quantitative estimate of drug-likeness (QED) is 0.632. The van der Waals surface area contributed by atoms with E-state index in [-0.39, 0.29) is 0 Å². The van der Waals surface area contributed by atoms with E-state index in [0.717, 1.165) is 12.8 Å². The van der Waals surface area contributed by atoms with Crippen molar-refractivity contribution in [3.05, 3.63) is 0 Å². The maximum atomic E-state index is 10.2. The van der Waals surface area contributed by atoms with Crippen molar-refractivity contribution in [1.29, 1.82) is 0 Å². The lowest BCUT2D eigenvalue weighted by Crippen LogP contribution is -2.05. The van der Waals surface area contributed by atoms with Crippen LogP contribution < -0.4 is 0 Å². The van der Waals surface area contributed by atoms with Gasteiger partial charge in [0.25, 0.3) is 0 Å². The summed E-state index contributed by atoms with van der Waals surface area (Å²) in [7, 11) is -2.40. The highest BCUT2D eigenvalue weighted by molar-refractivity contribution is 7.32. The third-order valence-electron chi connectivity index (χ3n) is 1.96. The molecule has 0 aromatic rings. The Balaban J connectivity index is 3.45. The molecule has 0 spiro atoms. The summed E-state index contributed by atoms with van der Waals surface area (Å²) in [6.45, 7) is 4.64. The maximum Gasteiger partial charge on any atom is 0.694 e. The first-order valence-electron chi connectivity index (χ1n) is 4.49. The van der Waals surface area contributed by atoms with Gasteiger partial charge in [0.15, 0.2) is 0 Å². The van der Waals surface area contributed by atoms with Gasteiger partial charge in [0.05, 0.1) is 0 Å². The Morgan fingerprint density at radius 1 is 1.50 bits per heavy atom. The normalized spacial score (nSPS) is 14.4. The minimum atomic E-state index is -2.40. The van der Waals surface area contributed by atoms with E-state index < -0.39 is 8.25 Å². The Labute approximate surface area is 75.1 Å². The topological polar surface area (TPSA) is 46.5 Å². The van der Waals surface area contributed by atoms with Crippen LogP contribution in [0.2, 0.25) is 0 Å². The lowest BCUT2D eigenvalue weighted by atomic mass is 10.0.